The second-order valence-corrected chi connectivity index (χ2v) is 5.97. The molecule has 1 unspecified atom stereocenters. The van der Waals surface area contributed by atoms with Crippen molar-refractivity contribution in [1.29, 1.82) is 0 Å². The number of nitrogens with zero attached hydrogens (tertiary/aromatic N) is 1. The monoisotopic (exact) mass is 296 g/mol. The molecule has 0 aliphatic carbocycles. The molecule has 19 heavy (non-hydrogen) atoms. The summed E-state index contributed by atoms with van der Waals surface area (Å²) in [6, 6.07) is 8.57. The molecule has 1 aromatic carbocycles. The van der Waals surface area contributed by atoms with E-state index in [9.17, 15) is 0 Å². The van der Waals surface area contributed by atoms with E-state index in [1.54, 1.807) is 0 Å². The molecule has 0 aromatic heterocycles. The van der Waals surface area contributed by atoms with Crippen LogP contribution in [-0.4, -0.2) is 29.1 Å². The van der Waals surface area contributed by atoms with E-state index in [-0.39, 0.29) is 0 Å². The molecule has 1 fully saturated rings. The third-order valence-corrected chi connectivity index (χ3v) is 4.30. The summed E-state index contributed by atoms with van der Waals surface area (Å²) < 4.78 is 0. The highest BCUT2D eigenvalue weighted by Gasteiger charge is 2.19. The van der Waals surface area contributed by atoms with E-state index < -0.39 is 0 Å². The largest absolute Gasteiger partial charge is 0.362 e. The van der Waals surface area contributed by atoms with Crippen molar-refractivity contribution in [3.63, 3.8) is 0 Å². The van der Waals surface area contributed by atoms with Gasteiger partial charge in [-0.05, 0) is 62.5 Å². The Morgan fingerprint density at radius 3 is 2.79 bits per heavy atom. The van der Waals surface area contributed by atoms with Crippen LogP contribution in [0.15, 0.2) is 24.3 Å². The fourth-order valence-corrected chi connectivity index (χ4v) is 2.97. The highest BCUT2D eigenvalue weighted by Crippen LogP contribution is 2.16. The van der Waals surface area contributed by atoms with Crippen molar-refractivity contribution in [3.8, 4) is 0 Å². The molecule has 0 spiro atoms. The summed E-state index contributed by atoms with van der Waals surface area (Å²) in [6.45, 7) is 4.23. The predicted octanol–water partition coefficient (Wildman–Crippen LogP) is 3.63. The van der Waals surface area contributed by atoms with Crippen molar-refractivity contribution < 1.29 is 0 Å². The van der Waals surface area contributed by atoms with Crippen LogP contribution in [0.3, 0.4) is 0 Å². The van der Waals surface area contributed by atoms with Crippen LogP contribution < -0.4 is 5.32 Å². The number of hydrogen-bond donors (Lipinski definition) is 1. The second-order valence-electron chi connectivity index (χ2n) is 5.15. The molecule has 4 heteroatoms. The second kappa shape index (κ2) is 7.11. The van der Waals surface area contributed by atoms with Crippen molar-refractivity contribution >= 4 is 28.9 Å². The average Bonchev–Trinajstić information content (AvgIpc) is 2.41. The number of hydrogen-bond acceptors (Lipinski definition) is 1. The Balaban J connectivity index is 1.75. The van der Waals surface area contributed by atoms with Crippen LogP contribution in [0.1, 0.15) is 31.7 Å². The zero-order valence-corrected chi connectivity index (χ0v) is 12.9. The van der Waals surface area contributed by atoms with Crippen LogP contribution in [0, 0.1) is 0 Å². The first-order chi connectivity index (χ1) is 9.16. The number of nitrogens with one attached hydrogen (secondary N) is 1. The lowest BCUT2D eigenvalue weighted by atomic mass is 10.0. The lowest BCUT2D eigenvalue weighted by Gasteiger charge is -2.35. The molecular weight excluding hydrogens is 276 g/mol. The quantitative estimate of drug-likeness (QED) is 0.858. The van der Waals surface area contributed by atoms with Gasteiger partial charge in [-0.1, -0.05) is 23.7 Å². The fourth-order valence-electron chi connectivity index (χ4n) is 2.47. The van der Waals surface area contributed by atoms with Crippen LogP contribution in [0.5, 0.6) is 0 Å². The Kier molecular flexibility index (Phi) is 5.46. The number of halogens is 1. The van der Waals surface area contributed by atoms with Gasteiger partial charge >= 0.3 is 0 Å². The predicted molar refractivity (Wildman–Crippen MR) is 85.8 cm³/mol. The van der Waals surface area contributed by atoms with Gasteiger partial charge in [0, 0.05) is 24.2 Å². The van der Waals surface area contributed by atoms with Gasteiger partial charge in [0.25, 0.3) is 0 Å². The summed E-state index contributed by atoms with van der Waals surface area (Å²) in [5.41, 5.74) is 1.28. The molecule has 1 N–H and O–H groups in total. The van der Waals surface area contributed by atoms with Crippen molar-refractivity contribution in [2.75, 3.05) is 13.1 Å². The third-order valence-electron chi connectivity index (χ3n) is 3.67. The SMILES string of the molecule is CC1CCCCN1C(=S)NCCc1ccc(Cl)cc1. The number of benzene rings is 1. The summed E-state index contributed by atoms with van der Waals surface area (Å²) in [6.07, 6.45) is 4.80. The van der Waals surface area contributed by atoms with Gasteiger partial charge < -0.3 is 10.2 Å². The van der Waals surface area contributed by atoms with Gasteiger partial charge in [0.1, 0.15) is 0 Å². The maximum atomic E-state index is 5.87. The van der Waals surface area contributed by atoms with Crippen LogP contribution in [0.4, 0.5) is 0 Å². The van der Waals surface area contributed by atoms with E-state index >= 15 is 0 Å². The minimum Gasteiger partial charge on any atom is -0.362 e. The Morgan fingerprint density at radius 1 is 1.37 bits per heavy atom. The summed E-state index contributed by atoms with van der Waals surface area (Å²) in [5.74, 6) is 0. The summed E-state index contributed by atoms with van der Waals surface area (Å²) in [4.78, 5) is 2.32. The molecule has 1 aromatic rings. The first-order valence-corrected chi connectivity index (χ1v) is 7.74. The van der Waals surface area contributed by atoms with Crippen LogP contribution in [0.25, 0.3) is 0 Å². The molecule has 1 heterocycles. The van der Waals surface area contributed by atoms with Gasteiger partial charge in [-0.3, -0.25) is 0 Å². The van der Waals surface area contributed by atoms with E-state index in [1.165, 1.54) is 24.8 Å². The first kappa shape index (κ1) is 14.6. The maximum absolute atomic E-state index is 5.87. The molecular formula is C15H21ClN2S. The summed E-state index contributed by atoms with van der Waals surface area (Å²) >= 11 is 11.4. The molecule has 1 aliphatic rings. The molecule has 1 atom stereocenters. The van der Waals surface area contributed by atoms with E-state index in [1.807, 2.05) is 12.1 Å². The smallest absolute Gasteiger partial charge is 0.169 e. The lowest BCUT2D eigenvalue weighted by molar-refractivity contribution is 0.255. The van der Waals surface area contributed by atoms with Gasteiger partial charge in [0.15, 0.2) is 5.11 Å². The Labute approximate surface area is 126 Å². The van der Waals surface area contributed by atoms with Gasteiger partial charge in [-0.15, -0.1) is 0 Å². The molecule has 0 bridgehead atoms. The zero-order chi connectivity index (χ0) is 13.7. The van der Waals surface area contributed by atoms with Gasteiger partial charge in [0.05, 0.1) is 0 Å². The van der Waals surface area contributed by atoms with E-state index in [2.05, 4.69) is 29.3 Å². The van der Waals surface area contributed by atoms with Crippen LogP contribution in [-0.2, 0) is 6.42 Å². The van der Waals surface area contributed by atoms with E-state index in [0.29, 0.717) is 6.04 Å². The normalized spacial score (nSPS) is 19.3. The molecule has 1 saturated heterocycles. The van der Waals surface area contributed by atoms with E-state index in [0.717, 1.165) is 29.6 Å². The average molecular weight is 297 g/mol. The van der Waals surface area contributed by atoms with Crippen molar-refractivity contribution in [2.24, 2.45) is 0 Å². The fraction of sp³-hybridized carbons (Fsp3) is 0.533. The topological polar surface area (TPSA) is 15.3 Å². The molecule has 2 rings (SSSR count). The highest BCUT2D eigenvalue weighted by atomic mass is 35.5. The molecule has 2 nitrogen and oxygen atoms in total. The zero-order valence-electron chi connectivity index (χ0n) is 11.4. The van der Waals surface area contributed by atoms with Gasteiger partial charge in [0.2, 0.25) is 0 Å². The van der Waals surface area contributed by atoms with Gasteiger partial charge in [-0.25, -0.2) is 0 Å². The molecule has 1 aliphatic heterocycles. The Bertz CT molecular complexity index is 419. The molecule has 0 amide bonds. The molecule has 0 radical (unpaired) electrons. The highest BCUT2D eigenvalue weighted by molar-refractivity contribution is 7.80. The number of likely N-dealkylation sites (tertiary alicyclic amines) is 1. The molecule has 0 saturated carbocycles. The van der Waals surface area contributed by atoms with Crippen LogP contribution in [0.2, 0.25) is 5.02 Å². The van der Waals surface area contributed by atoms with E-state index in [4.69, 9.17) is 23.8 Å². The Hall–Kier alpha value is -0.800. The summed E-state index contributed by atoms with van der Waals surface area (Å²) in [7, 11) is 0. The molecule has 104 valence electrons. The summed E-state index contributed by atoms with van der Waals surface area (Å²) in [5, 5.41) is 5.06. The maximum Gasteiger partial charge on any atom is 0.169 e. The number of thiocarbonyl (C=S) groups is 1. The minimum absolute atomic E-state index is 0.573. The van der Waals surface area contributed by atoms with Crippen molar-refractivity contribution in [3.05, 3.63) is 34.9 Å². The lowest BCUT2D eigenvalue weighted by Crippen LogP contribution is -2.47. The Morgan fingerprint density at radius 2 is 2.11 bits per heavy atom. The van der Waals surface area contributed by atoms with Crippen molar-refractivity contribution in [2.45, 2.75) is 38.6 Å². The van der Waals surface area contributed by atoms with Crippen LogP contribution >= 0.6 is 23.8 Å². The third kappa shape index (κ3) is 4.36. The first-order valence-electron chi connectivity index (χ1n) is 6.96. The number of piperidine rings is 1. The standard InChI is InChI=1S/C15H21ClN2S/c1-12-4-2-3-11-18(12)15(19)17-10-9-13-5-7-14(16)8-6-13/h5-8,12H,2-4,9-11H2,1H3,(H,17,19). The number of rotatable bonds is 3. The van der Waals surface area contributed by atoms with Crippen molar-refractivity contribution in [1.82, 2.24) is 10.2 Å². The van der Waals surface area contributed by atoms with Gasteiger partial charge in [-0.2, -0.15) is 0 Å². The minimum atomic E-state index is 0.573.